The van der Waals surface area contributed by atoms with Gasteiger partial charge in [0.1, 0.15) is 5.82 Å². The molecular formula is C13H10FN. The first-order chi connectivity index (χ1) is 7.29. The van der Waals surface area contributed by atoms with Crippen molar-refractivity contribution in [3.05, 3.63) is 60.6 Å². The average molecular weight is 199 g/mol. The van der Waals surface area contributed by atoms with Gasteiger partial charge in [0.2, 0.25) is 0 Å². The second-order valence-corrected chi connectivity index (χ2v) is 3.19. The molecule has 1 aromatic heterocycles. The molecule has 0 saturated heterocycles. The van der Waals surface area contributed by atoms with Crippen molar-refractivity contribution in [3.8, 4) is 11.3 Å². The summed E-state index contributed by atoms with van der Waals surface area (Å²) in [6.07, 6.45) is 3.44. The Bertz CT molecular complexity index is 474. The van der Waals surface area contributed by atoms with E-state index in [2.05, 4.69) is 11.6 Å². The van der Waals surface area contributed by atoms with Crippen molar-refractivity contribution < 1.29 is 4.39 Å². The lowest BCUT2D eigenvalue weighted by Gasteiger charge is -2.00. The number of nitrogens with zero attached hydrogens (tertiary/aromatic N) is 1. The second kappa shape index (κ2) is 4.05. The van der Waals surface area contributed by atoms with E-state index in [4.69, 9.17) is 0 Å². The molecule has 0 unspecified atom stereocenters. The van der Waals surface area contributed by atoms with E-state index in [1.807, 2.05) is 18.2 Å². The smallest absolute Gasteiger partial charge is 0.123 e. The number of rotatable bonds is 2. The number of hydrogen-bond donors (Lipinski definition) is 0. The Balaban J connectivity index is 2.41. The summed E-state index contributed by atoms with van der Waals surface area (Å²) in [4.78, 5) is 4.22. The van der Waals surface area contributed by atoms with Crippen molar-refractivity contribution in [2.75, 3.05) is 0 Å². The van der Waals surface area contributed by atoms with E-state index in [9.17, 15) is 4.39 Å². The zero-order valence-corrected chi connectivity index (χ0v) is 8.15. The number of aromatic nitrogens is 1. The molecule has 0 atom stereocenters. The molecule has 0 radical (unpaired) electrons. The van der Waals surface area contributed by atoms with Gasteiger partial charge in [0.25, 0.3) is 0 Å². The summed E-state index contributed by atoms with van der Waals surface area (Å²) >= 11 is 0. The van der Waals surface area contributed by atoms with Crippen molar-refractivity contribution in [2.45, 2.75) is 0 Å². The lowest BCUT2D eigenvalue weighted by atomic mass is 10.1. The standard InChI is InChI=1S/C13H10FN/c1-2-10-6-7-13(15-9-10)11-4-3-5-12(14)8-11/h2-9H,1H2. The molecule has 0 aliphatic carbocycles. The van der Waals surface area contributed by atoms with E-state index < -0.39 is 0 Å². The van der Waals surface area contributed by atoms with Gasteiger partial charge in [0.05, 0.1) is 5.69 Å². The van der Waals surface area contributed by atoms with Crippen LogP contribution in [0.2, 0.25) is 0 Å². The monoisotopic (exact) mass is 199 g/mol. The number of halogens is 1. The minimum atomic E-state index is -0.248. The predicted molar refractivity (Wildman–Crippen MR) is 59.7 cm³/mol. The molecule has 0 fully saturated rings. The molecular weight excluding hydrogens is 189 g/mol. The largest absolute Gasteiger partial charge is 0.256 e. The SMILES string of the molecule is C=Cc1ccc(-c2cccc(F)c2)nc1. The third kappa shape index (κ3) is 2.10. The summed E-state index contributed by atoms with van der Waals surface area (Å²) in [6, 6.07) is 10.1. The molecule has 1 aromatic carbocycles. The van der Waals surface area contributed by atoms with Crippen molar-refractivity contribution in [1.82, 2.24) is 4.98 Å². The Morgan fingerprint density at radius 2 is 2.07 bits per heavy atom. The highest BCUT2D eigenvalue weighted by molar-refractivity contribution is 5.60. The molecule has 0 N–H and O–H groups in total. The van der Waals surface area contributed by atoms with E-state index in [0.717, 1.165) is 16.8 Å². The van der Waals surface area contributed by atoms with Crippen LogP contribution in [0.15, 0.2) is 49.2 Å². The quantitative estimate of drug-likeness (QED) is 0.721. The van der Waals surface area contributed by atoms with Crippen LogP contribution in [0, 0.1) is 5.82 Å². The van der Waals surface area contributed by atoms with Gasteiger partial charge in [-0.1, -0.05) is 30.9 Å². The maximum Gasteiger partial charge on any atom is 0.123 e. The molecule has 0 aliphatic heterocycles. The zero-order chi connectivity index (χ0) is 10.7. The Morgan fingerprint density at radius 3 is 2.67 bits per heavy atom. The fourth-order valence-corrected chi connectivity index (χ4v) is 1.34. The van der Waals surface area contributed by atoms with Gasteiger partial charge in [-0.05, 0) is 23.8 Å². The first-order valence-electron chi connectivity index (χ1n) is 4.64. The van der Waals surface area contributed by atoms with E-state index in [1.54, 1.807) is 18.3 Å². The molecule has 2 rings (SSSR count). The molecule has 0 bridgehead atoms. The summed E-state index contributed by atoms with van der Waals surface area (Å²) in [5.41, 5.74) is 2.50. The summed E-state index contributed by atoms with van der Waals surface area (Å²) in [7, 11) is 0. The summed E-state index contributed by atoms with van der Waals surface area (Å²) in [5, 5.41) is 0. The van der Waals surface area contributed by atoms with Crippen LogP contribution >= 0.6 is 0 Å². The highest BCUT2D eigenvalue weighted by atomic mass is 19.1. The van der Waals surface area contributed by atoms with Crippen LogP contribution in [-0.4, -0.2) is 4.98 Å². The summed E-state index contributed by atoms with van der Waals surface area (Å²) < 4.78 is 13.0. The van der Waals surface area contributed by atoms with E-state index in [-0.39, 0.29) is 5.82 Å². The van der Waals surface area contributed by atoms with Crippen LogP contribution < -0.4 is 0 Å². The van der Waals surface area contributed by atoms with Gasteiger partial charge in [0, 0.05) is 11.8 Å². The lowest BCUT2D eigenvalue weighted by Crippen LogP contribution is -1.84. The number of benzene rings is 1. The van der Waals surface area contributed by atoms with Gasteiger partial charge in [-0.15, -0.1) is 0 Å². The van der Waals surface area contributed by atoms with E-state index >= 15 is 0 Å². The third-order valence-corrected chi connectivity index (χ3v) is 2.14. The molecule has 0 spiro atoms. The van der Waals surface area contributed by atoms with Gasteiger partial charge in [-0.2, -0.15) is 0 Å². The molecule has 74 valence electrons. The molecule has 15 heavy (non-hydrogen) atoms. The van der Waals surface area contributed by atoms with Crippen LogP contribution in [0.1, 0.15) is 5.56 Å². The fourth-order valence-electron chi connectivity index (χ4n) is 1.34. The first kappa shape index (κ1) is 9.59. The normalized spacial score (nSPS) is 9.93. The highest BCUT2D eigenvalue weighted by Crippen LogP contribution is 2.17. The molecule has 0 aliphatic rings. The van der Waals surface area contributed by atoms with Gasteiger partial charge in [-0.3, -0.25) is 4.98 Å². The Kier molecular flexibility index (Phi) is 2.59. The van der Waals surface area contributed by atoms with Crippen molar-refractivity contribution >= 4 is 6.08 Å². The van der Waals surface area contributed by atoms with Crippen LogP contribution in [0.4, 0.5) is 4.39 Å². The van der Waals surface area contributed by atoms with Gasteiger partial charge in [-0.25, -0.2) is 4.39 Å². The van der Waals surface area contributed by atoms with Crippen molar-refractivity contribution in [2.24, 2.45) is 0 Å². The Morgan fingerprint density at radius 1 is 1.20 bits per heavy atom. The topological polar surface area (TPSA) is 12.9 Å². The predicted octanol–water partition coefficient (Wildman–Crippen LogP) is 3.53. The number of hydrogen-bond acceptors (Lipinski definition) is 1. The molecule has 1 nitrogen and oxygen atoms in total. The van der Waals surface area contributed by atoms with Gasteiger partial charge >= 0.3 is 0 Å². The first-order valence-corrected chi connectivity index (χ1v) is 4.64. The third-order valence-electron chi connectivity index (χ3n) is 2.14. The van der Waals surface area contributed by atoms with Crippen molar-refractivity contribution in [1.29, 1.82) is 0 Å². The average Bonchev–Trinajstić information content (AvgIpc) is 2.29. The summed E-state index contributed by atoms with van der Waals surface area (Å²) in [6.45, 7) is 3.65. The Hall–Kier alpha value is -1.96. The van der Waals surface area contributed by atoms with Crippen LogP contribution in [0.3, 0.4) is 0 Å². The number of pyridine rings is 1. The summed E-state index contributed by atoms with van der Waals surface area (Å²) in [5.74, 6) is -0.248. The zero-order valence-electron chi connectivity index (χ0n) is 8.15. The molecule has 0 saturated carbocycles. The maximum absolute atomic E-state index is 13.0. The van der Waals surface area contributed by atoms with Crippen LogP contribution in [-0.2, 0) is 0 Å². The lowest BCUT2D eigenvalue weighted by molar-refractivity contribution is 0.628. The maximum atomic E-state index is 13.0. The highest BCUT2D eigenvalue weighted by Gasteiger charge is 1.99. The minimum Gasteiger partial charge on any atom is -0.256 e. The van der Waals surface area contributed by atoms with Gasteiger partial charge in [0.15, 0.2) is 0 Å². The fraction of sp³-hybridized carbons (Fsp3) is 0. The van der Waals surface area contributed by atoms with Crippen molar-refractivity contribution in [3.63, 3.8) is 0 Å². The van der Waals surface area contributed by atoms with Crippen LogP contribution in [0.25, 0.3) is 17.3 Å². The molecule has 1 heterocycles. The minimum absolute atomic E-state index is 0.248. The van der Waals surface area contributed by atoms with E-state index in [1.165, 1.54) is 12.1 Å². The van der Waals surface area contributed by atoms with Crippen LogP contribution in [0.5, 0.6) is 0 Å². The molecule has 0 amide bonds. The Labute approximate surface area is 87.9 Å². The second-order valence-electron chi connectivity index (χ2n) is 3.19. The molecule has 2 heteroatoms. The van der Waals surface area contributed by atoms with E-state index in [0.29, 0.717) is 0 Å². The van der Waals surface area contributed by atoms with Gasteiger partial charge < -0.3 is 0 Å². The molecule has 2 aromatic rings.